The Bertz CT molecular complexity index is 758. The molecule has 0 aromatic carbocycles. The Kier molecular flexibility index (Phi) is 2.90. The number of pyridine rings is 1. The largest absolute Gasteiger partial charge is 0.481 e. The molecule has 3 heterocycles. The number of aryl methyl sites for hydroxylation is 2. The number of rotatable bonds is 4. The maximum atomic E-state index is 10.5. The van der Waals surface area contributed by atoms with Gasteiger partial charge in [0.1, 0.15) is 12.7 Å². The van der Waals surface area contributed by atoms with E-state index in [0.717, 1.165) is 5.56 Å². The van der Waals surface area contributed by atoms with Gasteiger partial charge in [0.15, 0.2) is 24.8 Å². The molecule has 0 aliphatic carbocycles. The van der Waals surface area contributed by atoms with Gasteiger partial charge in [-0.1, -0.05) is 0 Å². The van der Waals surface area contributed by atoms with Crippen LogP contribution in [0.4, 0.5) is 0 Å². The molecule has 1 N–H and O–H groups in total. The number of nitrogens with zero attached hydrogens (tertiary/aromatic N) is 6. The summed E-state index contributed by atoms with van der Waals surface area (Å²) >= 11 is 0. The zero-order valence-corrected chi connectivity index (χ0v) is 10.8. The highest BCUT2D eigenvalue weighted by atomic mass is 16.4. The van der Waals surface area contributed by atoms with Gasteiger partial charge in [-0.05, 0) is 0 Å². The number of fused-ring (bicyclic) bond motifs is 1. The molecule has 0 aliphatic rings. The molecule has 102 valence electrons. The third-order valence-corrected chi connectivity index (χ3v) is 2.97. The van der Waals surface area contributed by atoms with Gasteiger partial charge >= 0.3 is 5.97 Å². The molecule has 0 saturated carbocycles. The normalized spacial score (nSPS) is 11.1. The summed E-state index contributed by atoms with van der Waals surface area (Å²) < 4.78 is 5.07. The van der Waals surface area contributed by atoms with Crippen LogP contribution < -0.4 is 4.57 Å². The second-order valence-electron chi connectivity index (χ2n) is 4.40. The van der Waals surface area contributed by atoms with Crippen LogP contribution in [0.25, 0.3) is 17.2 Å². The predicted octanol–water partition coefficient (Wildman–Crippen LogP) is -0.108. The number of aliphatic carboxylic acids is 1. The first kappa shape index (κ1) is 12.3. The fourth-order valence-electron chi connectivity index (χ4n) is 1.89. The molecular formula is C12H13N6O2+. The zero-order chi connectivity index (χ0) is 14.1. The lowest BCUT2D eigenvalue weighted by molar-refractivity contribution is -0.695. The molecule has 0 aliphatic heterocycles. The Balaban J connectivity index is 1.84. The summed E-state index contributed by atoms with van der Waals surface area (Å²) in [5, 5.41) is 17.0. The third-order valence-electron chi connectivity index (χ3n) is 2.97. The van der Waals surface area contributed by atoms with Crippen LogP contribution >= 0.6 is 0 Å². The van der Waals surface area contributed by atoms with Crippen LogP contribution in [0.5, 0.6) is 0 Å². The van der Waals surface area contributed by atoms with Crippen molar-refractivity contribution in [2.24, 2.45) is 7.05 Å². The molecule has 0 fully saturated rings. The van der Waals surface area contributed by atoms with Gasteiger partial charge in [0.05, 0.1) is 0 Å². The quantitative estimate of drug-likeness (QED) is 0.670. The van der Waals surface area contributed by atoms with E-state index in [2.05, 4.69) is 15.2 Å². The third kappa shape index (κ3) is 2.22. The van der Waals surface area contributed by atoms with Crippen LogP contribution in [0, 0.1) is 0 Å². The summed E-state index contributed by atoms with van der Waals surface area (Å²) in [5.41, 5.74) is 0.875. The highest BCUT2D eigenvalue weighted by molar-refractivity contribution is 5.66. The van der Waals surface area contributed by atoms with Crippen LogP contribution in [-0.4, -0.2) is 35.5 Å². The van der Waals surface area contributed by atoms with Crippen molar-refractivity contribution in [3.63, 3.8) is 0 Å². The van der Waals surface area contributed by atoms with Crippen LogP contribution in [-0.2, 0) is 18.4 Å². The van der Waals surface area contributed by atoms with Crippen LogP contribution in [0.15, 0.2) is 30.9 Å². The van der Waals surface area contributed by atoms with Gasteiger partial charge < -0.3 is 5.11 Å². The standard InChI is InChI=1S/C12H12N6O2/c1-16-12-14-11(15-18(12)8-13-16)9-2-5-17(6-3-9)7-4-10(19)20/h2-3,5-6,8H,4,7H2,1H3/p+1. The van der Waals surface area contributed by atoms with Gasteiger partial charge in [-0.15, -0.1) is 5.10 Å². The van der Waals surface area contributed by atoms with E-state index in [4.69, 9.17) is 5.11 Å². The van der Waals surface area contributed by atoms with Gasteiger partial charge in [-0.25, -0.2) is 9.25 Å². The van der Waals surface area contributed by atoms with Crippen molar-refractivity contribution in [1.29, 1.82) is 0 Å². The fourth-order valence-corrected chi connectivity index (χ4v) is 1.89. The van der Waals surface area contributed by atoms with E-state index in [-0.39, 0.29) is 6.42 Å². The molecule has 0 spiro atoms. The molecule has 20 heavy (non-hydrogen) atoms. The van der Waals surface area contributed by atoms with Gasteiger partial charge in [0, 0.05) is 24.7 Å². The van der Waals surface area contributed by atoms with Crippen molar-refractivity contribution in [2.45, 2.75) is 13.0 Å². The zero-order valence-electron chi connectivity index (χ0n) is 10.8. The minimum absolute atomic E-state index is 0.0995. The van der Waals surface area contributed by atoms with E-state index in [1.54, 1.807) is 22.6 Å². The van der Waals surface area contributed by atoms with E-state index in [0.29, 0.717) is 18.1 Å². The number of carboxylic acid groups (broad SMARTS) is 1. The molecule has 3 aromatic rings. The van der Waals surface area contributed by atoms with E-state index >= 15 is 0 Å². The maximum absolute atomic E-state index is 10.5. The Morgan fingerprint density at radius 1 is 1.40 bits per heavy atom. The van der Waals surface area contributed by atoms with Crippen LogP contribution in [0.1, 0.15) is 6.42 Å². The lowest BCUT2D eigenvalue weighted by Gasteiger charge is -1.96. The molecule has 3 rings (SSSR count). The number of carboxylic acids is 1. The Morgan fingerprint density at radius 3 is 2.80 bits per heavy atom. The van der Waals surface area contributed by atoms with Gasteiger partial charge in [0.2, 0.25) is 0 Å². The maximum Gasteiger partial charge on any atom is 0.309 e. The van der Waals surface area contributed by atoms with Crippen molar-refractivity contribution >= 4 is 11.7 Å². The summed E-state index contributed by atoms with van der Waals surface area (Å²) in [6.45, 7) is 0.443. The number of carbonyl (C=O) groups is 1. The van der Waals surface area contributed by atoms with E-state index in [1.807, 2.05) is 29.1 Å². The van der Waals surface area contributed by atoms with E-state index in [1.165, 1.54) is 0 Å². The average molecular weight is 273 g/mol. The average Bonchev–Trinajstić information content (AvgIpc) is 3.00. The molecule has 0 bridgehead atoms. The van der Waals surface area contributed by atoms with Crippen LogP contribution in [0.3, 0.4) is 0 Å². The molecule has 8 nitrogen and oxygen atoms in total. The molecular weight excluding hydrogens is 260 g/mol. The van der Waals surface area contributed by atoms with Crippen molar-refractivity contribution < 1.29 is 14.5 Å². The summed E-state index contributed by atoms with van der Waals surface area (Å²) in [6.07, 6.45) is 5.34. The monoisotopic (exact) mass is 273 g/mol. The second kappa shape index (κ2) is 4.72. The molecule has 0 radical (unpaired) electrons. The van der Waals surface area contributed by atoms with Crippen molar-refractivity contribution in [2.75, 3.05) is 0 Å². The first-order valence-electron chi connectivity index (χ1n) is 6.09. The molecule has 8 heteroatoms. The first-order valence-corrected chi connectivity index (χ1v) is 6.09. The predicted molar refractivity (Wildman–Crippen MR) is 67.6 cm³/mol. The van der Waals surface area contributed by atoms with Gasteiger partial charge in [-0.2, -0.15) is 14.6 Å². The van der Waals surface area contributed by atoms with E-state index in [9.17, 15) is 4.79 Å². The van der Waals surface area contributed by atoms with Gasteiger partial charge in [0.25, 0.3) is 5.78 Å². The Hall–Kier alpha value is -2.77. The van der Waals surface area contributed by atoms with Crippen molar-refractivity contribution in [3.8, 4) is 11.4 Å². The number of aromatic nitrogens is 6. The minimum atomic E-state index is -0.809. The second-order valence-corrected chi connectivity index (χ2v) is 4.40. The Morgan fingerprint density at radius 2 is 2.15 bits per heavy atom. The van der Waals surface area contributed by atoms with Crippen molar-refractivity contribution in [3.05, 3.63) is 30.9 Å². The van der Waals surface area contributed by atoms with Crippen molar-refractivity contribution in [1.82, 2.24) is 24.4 Å². The SMILES string of the molecule is Cn1ncn2nc(-c3cc[n+](CCC(=O)O)cc3)nc12. The van der Waals surface area contributed by atoms with Crippen LogP contribution in [0.2, 0.25) is 0 Å². The topological polar surface area (TPSA) is 89.2 Å². The van der Waals surface area contributed by atoms with Gasteiger partial charge in [-0.3, -0.25) is 4.79 Å². The molecule has 0 atom stereocenters. The summed E-state index contributed by atoms with van der Waals surface area (Å²) in [6, 6.07) is 3.73. The highest BCUT2D eigenvalue weighted by Gasteiger charge is 2.11. The summed E-state index contributed by atoms with van der Waals surface area (Å²) in [7, 11) is 1.80. The Labute approximate surface area is 113 Å². The lowest BCUT2D eigenvalue weighted by atomic mass is 10.2. The van der Waals surface area contributed by atoms with E-state index < -0.39 is 5.97 Å². The lowest BCUT2D eigenvalue weighted by Crippen LogP contribution is -2.33. The minimum Gasteiger partial charge on any atom is -0.481 e. The fraction of sp³-hybridized carbons (Fsp3) is 0.250. The number of hydrogen-bond donors (Lipinski definition) is 1. The molecule has 0 unspecified atom stereocenters. The summed E-state index contributed by atoms with van der Waals surface area (Å²) in [4.78, 5) is 14.9. The highest BCUT2D eigenvalue weighted by Crippen LogP contribution is 2.13. The smallest absolute Gasteiger partial charge is 0.309 e. The summed E-state index contributed by atoms with van der Waals surface area (Å²) in [5.74, 6) is 0.474. The molecule has 0 amide bonds. The number of hydrogen-bond acceptors (Lipinski definition) is 4. The molecule has 0 saturated heterocycles. The molecule has 3 aromatic heterocycles. The first-order chi connectivity index (χ1) is 9.63.